The lowest BCUT2D eigenvalue weighted by molar-refractivity contribution is 1.78. The molecule has 1 aromatic rings. The molecule has 0 atom stereocenters. The summed E-state index contributed by atoms with van der Waals surface area (Å²) in [6.07, 6.45) is 0. The van der Waals surface area contributed by atoms with Gasteiger partial charge in [0.05, 0.1) is 0 Å². The van der Waals surface area contributed by atoms with E-state index < -0.39 is 0 Å². The second-order valence-electron chi connectivity index (χ2n) is 1.34. The first kappa shape index (κ1) is 22.6. The molecule has 0 amide bonds. The fourth-order valence-corrected chi connectivity index (χ4v) is 0.600. The first-order chi connectivity index (χ1) is 3.39. The molecule has 0 aliphatic heterocycles. The molecule has 0 aromatic heterocycles. The van der Waals surface area contributed by atoms with E-state index in [2.05, 4.69) is 9.24 Å². The molecule has 0 N–H and O–H groups in total. The molecule has 0 saturated carbocycles. The van der Waals surface area contributed by atoms with Gasteiger partial charge in [-0.1, -0.05) is 30.3 Å². The highest BCUT2D eigenvalue weighted by Gasteiger charge is 1.73. The Kier molecular flexibility index (Phi) is 27.6. The zero-order valence-electron chi connectivity index (χ0n) is 5.47. The lowest BCUT2D eigenvalue weighted by Gasteiger charge is -1.81. The van der Waals surface area contributed by atoms with Crippen LogP contribution in [0.25, 0.3) is 0 Å². The average molecular weight is 254 g/mol. The Balaban J connectivity index is -0.0000000612. The van der Waals surface area contributed by atoms with Crippen LogP contribution in [-0.2, 0) is 0 Å². The predicted octanol–water partition coefficient (Wildman–Crippen LogP) is 3.41. The molecule has 0 aliphatic rings. The maximum absolute atomic E-state index is 4.08. The molecule has 1 rings (SSSR count). The Morgan fingerprint density at radius 2 is 1.09 bits per heavy atom. The van der Waals surface area contributed by atoms with Gasteiger partial charge in [-0.15, -0.1) is 49.6 Å². The third-order valence-corrected chi connectivity index (χ3v) is 1.05. The van der Waals surface area contributed by atoms with Crippen LogP contribution in [0, 0.1) is 0 Å². The minimum Gasteiger partial charge on any atom is -0.147 e. The zero-order valence-corrected chi connectivity index (χ0v) is 9.63. The molecule has 0 fully saturated rings. The van der Waals surface area contributed by atoms with Crippen LogP contribution in [0.2, 0.25) is 0 Å². The molecule has 2 radical (unpaired) electrons. The standard InChI is InChI=1S/C6H5P.4ClH/c7-6-4-2-1-3-5-6;;;;/h1-5H;4*1H. The fourth-order valence-electron chi connectivity index (χ4n) is 0.428. The van der Waals surface area contributed by atoms with Gasteiger partial charge in [0.25, 0.3) is 0 Å². The summed E-state index contributed by atoms with van der Waals surface area (Å²) in [5.74, 6) is 0. The van der Waals surface area contributed by atoms with Gasteiger partial charge in [-0.2, -0.15) is 0 Å². The Bertz CT molecular complexity index is 145. The first-order valence-electron chi connectivity index (χ1n) is 2.13. The van der Waals surface area contributed by atoms with Crippen LogP contribution in [0.3, 0.4) is 0 Å². The van der Waals surface area contributed by atoms with Crippen LogP contribution in [0.15, 0.2) is 30.3 Å². The van der Waals surface area contributed by atoms with Crippen molar-refractivity contribution in [3.63, 3.8) is 0 Å². The van der Waals surface area contributed by atoms with Crippen LogP contribution in [-0.4, -0.2) is 0 Å². The van der Waals surface area contributed by atoms with E-state index in [9.17, 15) is 0 Å². The summed E-state index contributed by atoms with van der Waals surface area (Å²) in [5, 5.41) is 1.02. The average Bonchev–Trinajstić information content (AvgIpc) is 1.69. The summed E-state index contributed by atoms with van der Waals surface area (Å²) in [6.45, 7) is 0. The molecule has 66 valence electrons. The predicted molar refractivity (Wildman–Crippen MR) is 62.0 cm³/mol. The Morgan fingerprint density at radius 3 is 1.27 bits per heavy atom. The van der Waals surface area contributed by atoms with Gasteiger partial charge in [-0.25, -0.2) is 0 Å². The quantitative estimate of drug-likeness (QED) is 0.622. The Morgan fingerprint density at radius 1 is 0.727 bits per heavy atom. The molecule has 0 bridgehead atoms. The van der Waals surface area contributed by atoms with E-state index in [1.54, 1.807) is 0 Å². The molecule has 11 heavy (non-hydrogen) atoms. The summed E-state index contributed by atoms with van der Waals surface area (Å²) >= 11 is 0. The maximum Gasteiger partial charge on any atom is -0.00563 e. The van der Waals surface area contributed by atoms with E-state index in [0.717, 1.165) is 5.30 Å². The number of hydrogen-bond acceptors (Lipinski definition) is 0. The fraction of sp³-hybridized carbons (Fsp3) is 0. The van der Waals surface area contributed by atoms with Crippen molar-refractivity contribution in [2.24, 2.45) is 0 Å². The van der Waals surface area contributed by atoms with Crippen LogP contribution >= 0.6 is 58.9 Å². The highest BCUT2D eigenvalue weighted by atomic mass is 35.5. The lowest BCUT2D eigenvalue weighted by atomic mass is 10.4. The number of hydrogen-bond donors (Lipinski definition) is 0. The van der Waals surface area contributed by atoms with E-state index in [1.165, 1.54) is 0 Å². The summed E-state index contributed by atoms with van der Waals surface area (Å²) in [4.78, 5) is 0. The monoisotopic (exact) mass is 252 g/mol. The number of benzene rings is 1. The molecule has 5 heteroatoms. The van der Waals surface area contributed by atoms with Crippen molar-refractivity contribution in [2.45, 2.75) is 0 Å². The van der Waals surface area contributed by atoms with E-state index in [0.29, 0.717) is 0 Å². The van der Waals surface area contributed by atoms with Gasteiger partial charge in [0, 0.05) is 0 Å². The Hall–Kier alpha value is 0.810. The van der Waals surface area contributed by atoms with E-state index >= 15 is 0 Å². The van der Waals surface area contributed by atoms with Crippen LogP contribution in [0.4, 0.5) is 0 Å². The van der Waals surface area contributed by atoms with Crippen molar-refractivity contribution in [3.8, 4) is 0 Å². The minimum atomic E-state index is 0. The largest absolute Gasteiger partial charge is 0.147 e. The summed E-state index contributed by atoms with van der Waals surface area (Å²) < 4.78 is 0. The van der Waals surface area contributed by atoms with Gasteiger partial charge in [-0.3, -0.25) is 0 Å². The van der Waals surface area contributed by atoms with E-state index in [4.69, 9.17) is 0 Å². The number of halogens is 4. The van der Waals surface area contributed by atoms with E-state index in [-0.39, 0.29) is 49.6 Å². The van der Waals surface area contributed by atoms with Gasteiger partial charge in [0.15, 0.2) is 0 Å². The van der Waals surface area contributed by atoms with Crippen molar-refractivity contribution < 1.29 is 0 Å². The highest BCUT2D eigenvalue weighted by Crippen LogP contribution is 1.86. The molecule has 0 saturated heterocycles. The molecular formula is C6H9Cl4P. The lowest BCUT2D eigenvalue weighted by Crippen LogP contribution is -1.82. The minimum absolute atomic E-state index is 0. The summed E-state index contributed by atoms with van der Waals surface area (Å²) in [5.41, 5.74) is 0. The second kappa shape index (κ2) is 13.4. The molecule has 0 spiro atoms. The van der Waals surface area contributed by atoms with Gasteiger partial charge < -0.3 is 0 Å². The molecule has 0 nitrogen and oxygen atoms in total. The van der Waals surface area contributed by atoms with Crippen molar-refractivity contribution in [3.05, 3.63) is 30.3 Å². The van der Waals surface area contributed by atoms with Gasteiger partial charge in [0.2, 0.25) is 0 Å². The SMILES string of the molecule is Cl.Cl.Cl.Cl.[P]c1ccccc1. The van der Waals surface area contributed by atoms with Crippen LogP contribution in [0.1, 0.15) is 0 Å². The third kappa shape index (κ3) is 10.8. The van der Waals surface area contributed by atoms with Gasteiger partial charge in [-0.05, 0) is 14.5 Å². The third-order valence-electron chi connectivity index (χ3n) is 0.756. The van der Waals surface area contributed by atoms with Crippen molar-refractivity contribution in [1.29, 1.82) is 0 Å². The molecular weight excluding hydrogens is 245 g/mol. The topological polar surface area (TPSA) is 0 Å². The first-order valence-corrected chi connectivity index (χ1v) is 2.58. The van der Waals surface area contributed by atoms with Crippen molar-refractivity contribution in [2.75, 3.05) is 0 Å². The molecule has 0 unspecified atom stereocenters. The molecule has 0 heterocycles. The maximum atomic E-state index is 4.08. The van der Waals surface area contributed by atoms with Crippen LogP contribution < -0.4 is 5.30 Å². The highest BCUT2D eigenvalue weighted by molar-refractivity contribution is 7.27. The van der Waals surface area contributed by atoms with Gasteiger partial charge in [0.1, 0.15) is 0 Å². The van der Waals surface area contributed by atoms with Crippen molar-refractivity contribution in [1.82, 2.24) is 0 Å². The van der Waals surface area contributed by atoms with Crippen LogP contribution in [0.5, 0.6) is 0 Å². The van der Waals surface area contributed by atoms with Gasteiger partial charge >= 0.3 is 0 Å². The zero-order chi connectivity index (χ0) is 5.11. The summed E-state index contributed by atoms with van der Waals surface area (Å²) in [6, 6.07) is 9.79. The second-order valence-corrected chi connectivity index (χ2v) is 1.85. The summed E-state index contributed by atoms with van der Waals surface area (Å²) in [7, 11) is 4.08. The normalized spacial score (nSPS) is 5.55. The molecule has 1 aromatic carbocycles. The van der Waals surface area contributed by atoms with Crippen molar-refractivity contribution >= 4 is 64.2 Å². The number of rotatable bonds is 0. The molecule has 0 aliphatic carbocycles. The Labute approximate surface area is 94.4 Å². The van der Waals surface area contributed by atoms with E-state index in [1.807, 2.05) is 30.3 Å². The smallest absolute Gasteiger partial charge is 0.00563 e.